The SMILES string of the molecule is COc1ccc([C@@H]2C[C@@H](c3ccc(Cl)cc3)n3nc(NC(=O)CCCC(=O)O)nc3N2)cc1. The number of methoxy groups -OCH3 is 1. The first-order valence-electron chi connectivity index (χ1n) is 10.6. The Morgan fingerprint density at radius 1 is 1.15 bits per heavy atom. The highest BCUT2D eigenvalue weighted by atomic mass is 35.5. The van der Waals surface area contributed by atoms with Crippen molar-refractivity contribution in [3.63, 3.8) is 0 Å². The van der Waals surface area contributed by atoms with Crippen LogP contribution in [0.15, 0.2) is 48.5 Å². The van der Waals surface area contributed by atoms with Crippen LogP contribution in [0.2, 0.25) is 5.02 Å². The second kappa shape index (κ2) is 9.91. The first kappa shape index (κ1) is 22.6. The Kier molecular flexibility index (Phi) is 6.79. The Balaban J connectivity index is 1.59. The molecule has 0 bridgehead atoms. The Bertz CT molecular complexity index is 1130. The van der Waals surface area contributed by atoms with E-state index >= 15 is 0 Å². The van der Waals surface area contributed by atoms with Crippen LogP contribution in [0.4, 0.5) is 11.9 Å². The number of carbonyl (C=O) groups is 2. The third-order valence-corrected chi connectivity index (χ3v) is 5.76. The van der Waals surface area contributed by atoms with Crippen molar-refractivity contribution in [1.29, 1.82) is 0 Å². The van der Waals surface area contributed by atoms with Crippen LogP contribution in [0.25, 0.3) is 0 Å². The van der Waals surface area contributed by atoms with Crippen LogP contribution >= 0.6 is 11.6 Å². The highest BCUT2D eigenvalue weighted by molar-refractivity contribution is 6.30. The molecule has 0 aliphatic carbocycles. The normalized spacial score (nSPS) is 17.0. The molecule has 1 aromatic heterocycles. The molecule has 0 radical (unpaired) electrons. The summed E-state index contributed by atoms with van der Waals surface area (Å²) in [4.78, 5) is 27.3. The molecule has 0 saturated carbocycles. The number of fused-ring (bicyclic) bond motifs is 1. The minimum absolute atomic E-state index is 0.0348. The summed E-state index contributed by atoms with van der Waals surface area (Å²) >= 11 is 6.08. The Morgan fingerprint density at radius 3 is 2.52 bits per heavy atom. The number of aromatic nitrogens is 3. The fourth-order valence-electron chi connectivity index (χ4n) is 3.84. The van der Waals surface area contributed by atoms with Crippen LogP contribution in [0.5, 0.6) is 5.75 Å². The van der Waals surface area contributed by atoms with Crippen molar-refractivity contribution in [2.75, 3.05) is 17.7 Å². The van der Waals surface area contributed by atoms with Gasteiger partial charge < -0.3 is 15.2 Å². The number of hydrogen-bond donors (Lipinski definition) is 3. The van der Waals surface area contributed by atoms with Gasteiger partial charge in [-0.15, -0.1) is 5.10 Å². The Labute approximate surface area is 195 Å². The number of anilines is 2. The van der Waals surface area contributed by atoms with Crippen molar-refractivity contribution in [3.05, 3.63) is 64.7 Å². The summed E-state index contributed by atoms with van der Waals surface area (Å²) in [7, 11) is 1.63. The number of halogens is 1. The third-order valence-electron chi connectivity index (χ3n) is 5.51. The van der Waals surface area contributed by atoms with E-state index in [0.29, 0.717) is 17.4 Å². The van der Waals surface area contributed by atoms with Gasteiger partial charge in [0.2, 0.25) is 11.9 Å². The lowest BCUT2D eigenvalue weighted by molar-refractivity contribution is -0.137. The standard InChI is InChI=1S/C23H24ClN5O4/c1-33-17-11-7-14(8-12-17)18-13-19(15-5-9-16(24)10-6-15)29-23(25-18)27-22(28-29)26-20(30)3-2-4-21(31)32/h5-12,18-19H,2-4,13H2,1H3,(H,31,32)(H2,25,26,27,28,30)/t18-,19-/m0/s1. The van der Waals surface area contributed by atoms with Gasteiger partial charge >= 0.3 is 5.97 Å². The summed E-state index contributed by atoms with van der Waals surface area (Å²) in [5.74, 6) is 0.224. The van der Waals surface area contributed by atoms with Crippen molar-refractivity contribution in [2.45, 2.75) is 37.8 Å². The highest BCUT2D eigenvalue weighted by Crippen LogP contribution is 2.38. The van der Waals surface area contributed by atoms with Crippen LogP contribution in [-0.4, -0.2) is 38.9 Å². The first-order chi connectivity index (χ1) is 15.9. The Morgan fingerprint density at radius 2 is 1.85 bits per heavy atom. The van der Waals surface area contributed by atoms with Crippen LogP contribution in [0.1, 0.15) is 48.9 Å². The predicted octanol–water partition coefficient (Wildman–Crippen LogP) is 4.28. The maximum atomic E-state index is 12.2. The maximum Gasteiger partial charge on any atom is 0.303 e. The molecule has 0 spiro atoms. The van der Waals surface area contributed by atoms with Gasteiger partial charge in [0.15, 0.2) is 0 Å². The quantitative estimate of drug-likeness (QED) is 0.450. The number of aliphatic carboxylic acids is 1. The molecule has 4 rings (SSSR count). The van der Waals surface area contributed by atoms with Gasteiger partial charge in [0.1, 0.15) is 5.75 Å². The summed E-state index contributed by atoms with van der Waals surface area (Å²) in [5, 5.41) is 20.0. The number of nitrogens with zero attached hydrogens (tertiary/aromatic N) is 3. The number of carbonyl (C=O) groups excluding carboxylic acids is 1. The average molecular weight is 470 g/mol. The van der Waals surface area contributed by atoms with E-state index in [1.165, 1.54) is 0 Å². The molecule has 3 aromatic rings. The number of amides is 1. The van der Waals surface area contributed by atoms with Gasteiger partial charge in [0, 0.05) is 17.9 Å². The molecule has 33 heavy (non-hydrogen) atoms. The fraction of sp³-hybridized carbons (Fsp3) is 0.304. The number of hydrogen-bond acceptors (Lipinski definition) is 6. The molecule has 10 heteroatoms. The van der Waals surface area contributed by atoms with E-state index in [4.69, 9.17) is 21.4 Å². The molecule has 3 N–H and O–H groups in total. The van der Waals surface area contributed by atoms with Gasteiger partial charge in [0.25, 0.3) is 5.95 Å². The molecule has 0 unspecified atom stereocenters. The van der Waals surface area contributed by atoms with Crippen molar-refractivity contribution in [2.24, 2.45) is 0 Å². The van der Waals surface area contributed by atoms with E-state index in [9.17, 15) is 9.59 Å². The number of ether oxygens (including phenoxy) is 1. The smallest absolute Gasteiger partial charge is 0.303 e. The molecule has 2 aromatic carbocycles. The summed E-state index contributed by atoms with van der Waals surface area (Å²) in [6.07, 6.45) is 0.971. The minimum Gasteiger partial charge on any atom is -0.497 e. The molecule has 2 atom stereocenters. The zero-order valence-electron chi connectivity index (χ0n) is 18.0. The number of carboxylic acids is 1. The summed E-state index contributed by atoms with van der Waals surface area (Å²) in [6, 6.07) is 15.3. The highest BCUT2D eigenvalue weighted by Gasteiger charge is 2.31. The second-order valence-electron chi connectivity index (χ2n) is 7.77. The summed E-state index contributed by atoms with van der Waals surface area (Å²) in [6.45, 7) is 0. The van der Waals surface area contributed by atoms with Gasteiger partial charge in [-0.25, -0.2) is 4.68 Å². The van der Waals surface area contributed by atoms with Crippen molar-refractivity contribution in [3.8, 4) is 5.75 Å². The minimum atomic E-state index is -0.932. The largest absolute Gasteiger partial charge is 0.497 e. The molecule has 1 amide bonds. The van der Waals surface area contributed by atoms with Gasteiger partial charge in [-0.3, -0.25) is 14.9 Å². The maximum absolute atomic E-state index is 12.2. The molecule has 9 nitrogen and oxygen atoms in total. The first-order valence-corrected chi connectivity index (χ1v) is 10.9. The molecule has 0 fully saturated rings. The van der Waals surface area contributed by atoms with E-state index in [1.54, 1.807) is 11.8 Å². The molecule has 1 aliphatic heterocycles. The van der Waals surface area contributed by atoms with Crippen molar-refractivity contribution < 1.29 is 19.4 Å². The molecule has 1 aliphatic rings. The topological polar surface area (TPSA) is 118 Å². The Hall–Kier alpha value is -3.59. The van der Waals surface area contributed by atoms with E-state index in [1.807, 2.05) is 48.5 Å². The molecular weight excluding hydrogens is 446 g/mol. The van der Waals surface area contributed by atoms with Crippen LogP contribution < -0.4 is 15.4 Å². The van der Waals surface area contributed by atoms with E-state index in [0.717, 1.165) is 16.9 Å². The molecule has 0 saturated heterocycles. The number of rotatable bonds is 8. The zero-order valence-corrected chi connectivity index (χ0v) is 18.7. The summed E-state index contributed by atoms with van der Waals surface area (Å²) in [5.41, 5.74) is 2.09. The lowest BCUT2D eigenvalue weighted by Crippen LogP contribution is -2.28. The number of nitrogens with one attached hydrogen (secondary N) is 2. The fourth-order valence-corrected chi connectivity index (χ4v) is 3.96. The van der Waals surface area contributed by atoms with Crippen LogP contribution in [-0.2, 0) is 9.59 Å². The molecule has 172 valence electrons. The summed E-state index contributed by atoms with van der Waals surface area (Å²) < 4.78 is 7.02. The number of carboxylic acid groups (broad SMARTS) is 1. The lowest BCUT2D eigenvalue weighted by Gasteiger charge is -2.31. The van der Waals surface area contributed by atoms with Gasteiger partial charge in [-0.05, 0) is 48.2 Å². The monoisotopic (exact) mass is 469 g/mol. The zero-order chi connectivity index (χ0) is 23.4. The van der Waals surface area contributed by atoms with Gasteiger partial charge in [-0.2, -0.15) is 4.98 Å². The number of benzene rings is 2. The van der Waals surface area contributed by atoms with Crippen LogP contribution in [0.3, 0.4) is 0 Å². The second-order valence-corrected chi connectivity index (χ2v) is 8.21. The third kappa shape index (κ3) is 5.43. The lowest BCUT2D eigenvalue weighted by atomic mass is 9.93. The van der Waals surface area contributed by atoms with E-state index in [-0.39, 0.29) is 43.2 Å². The van der Waals surface area contributed by atoms with E-state index < -0.39 is 5.97 Å². The van der Waals surface area contributed by atoms with Gasteiger partial charge in [-0.1, -0.05) is 35.9 Å². The van der Waals surface area contributed by atoms with Gasteiger partial charge in [0.05, 0.1) is 19.2 Å². The molecular formula is C23H24ClN5O4. The van der Waals surface area contributed by atoms with Crippen LogP contribution in [0, 0.1) is 0 Å². The van der Waals surface area contributed by atoms with Crippen molar-refractivity contribution in [1.82, 2.24) is 14.8 Å². The van der Waals surface area contributed by atoms with Crippen molar-refractivity contribution >= 4 is 35.4 Å². The van der Waals surface area contributed by atoms with E-state index in [2.05, 4.69) is 20.7 Å². The predicted molar refractivity (Wildman–Crippen MR) is 124 cm³/mol. The molecule has 2 heterocycles. The average Bonchev–Trinajstić information content (AvgIpc) is 3.21.